The van der Waals surface area contributed by atoms with E-state index in [0.29, 0.717) is 30.6 Å². The summed E-state index contributed by atoms with van der Waals surface area (Å²) in [5.74, 6) is -0.212. The number of piperazine rings is 1. The molecule has 10 nitrogen and oxygen atoms in total. The Kier molecular flexibility index (Phi) is 8.57. The first-order chi connectivity index (χ1) is 17.3. The number of benzene rings is 2. The summed E-state index contributed by atoms with van der Waals surface area (Å²) in [5.41, 5.74) is 13.8. The molecule has 0 aliphatic carbocycles. The molecule has 3 aromatic rings. The van der Waals surface area contributed by atoms with Gasteiger partial charge in [-0.1, -0.05) is 12.1 Å². The SMILES string of the molecule is COc1cc2c(N)nc(N3CCN(C(=O)C[C@@H](N)c4ccc(C#N)cc4)CC3C)nc2c(F)c1OC.Cl. The zero-order valence-corrected chi connectivity index (χ0v) is 21.6. The Labute approximate surface area is 220 Å². The van der Waals surface area contributed by atoms with Crippen molar-refractivity contribution in [3.8, 4) is 17.6 Å². The van der Waals surface area contributed by atoms with Crippen LogP contribution in [0.25, 0.3) is 10.9 Å². The third-order valence-corrected chi connectivity index (χ3v) is 6.39. The predicted molar refractivity (Wildman–Crippen MR) is 140 cm³/mol. The Morgan fingerprint density at radius 3 is 2.54 bits per heavy atom. The number of rotatable bonds is 6. The van der Waals surface area contributed by atoms with Gasteiger partial charge in [-0.15, -0.1) is 12.4 Å². The van der Waals surface area contributed by atoms with Gasteiger partial charge in [-0.2, -0.15) is 10.2 Å². The van der Waals surface area contributed by atoms with Crippen molar-refractivity contribution in [2.75, 3.05) is 44.5 Å². The van der Waals surface area contributed by atoms with E-state index >= 15 is 4.39 Å². The lowest BCUT2D eigenvalue weighted by Gasteiger charge is -2.40. The summed E-state index contributed by atoms with van der Waals surface area (Å²) in [5, 5.41) is 9.27. The maximum absolute atomic E-state index is 15.2. The summed E-state index contributed by atoms with van der Waals surface area (Å²) in [7, 11) is 2.76. The van der Waals surface area contributed by atoms with Crippen LogP contribution in [0, 0.1) is 17.1 Å². The number of fused-ring (bicyclic) bond motifs is 1. The van der Waals surface area contributed by atoms with E-state index in [1.165, 1.54) is 14.2 Å². The third-order valence-electron chi connectivity index (χ3n) is 6.39. The normalized spacial score (nSPS) is 16.1. The molecule has 1 aliphatic rings. The Morgan fingerprint density at radius 2 is 1.95 bits per heavy atom. The van der Waals surface area contributed by atoms with E-state index in [9.17, 15) is 4.79 Å². The quantitative estimate of drug-likeness (QED) is 0.492. The molecule has 12 heteroatoms. The minimum absolute atomic E-state index is 0. The molecule has 2 atom stereocenters. The lowest BCUT2D eigenvalue weighted by molar-refractivity contribution is -0.132. The predicted octanol–water partition coefficient (Wildman–Crippen LogP) is 2.79. The molecule has 0 bridgehead atoms. The van der Waals surface area contributed by atoms with Crippen LogP contribution in [0.3, 0.4) is 0 Å². The standard InChI is InChI=1S/C25H28FN7O3.ClH/c1-14-13-32(20(34)11-18(28)16-6-4-15(12-27)5-7-16)8-9-33(14)25-30-22-17(24(29)31-25)10-19(35-2)23(36-3)21(22)26;/h4-7,10,14,18H,8-9,11,13,28H2,1-3H3,(H2,29,30,31);1H/t14?,18-;/m1./s1. The van der Waals surface area contributed by atoms with Gasteiger partial charge in [0, 0.05) is 43.5 Å². The number of hydrogen-bond acceptors (Lipinski definition) is 9. The van der Waals surface area contributed by atoms with Gasteiger partial charge in [0.05, 0.1) is 25.9 Å². The van der Waals surface area contributed by atoms with Gasteiger partial charge in [0.25, 0.3) is 0 Å². The fourth-order valence-corrected chi connectivity index (χ4v) is 4.39. The van der Waals surface area contributed by atoms with E-state index in [-0.39, 0.29) is 59.6 Å². The first-order valence-corrected chi connectivity index (χ1v) is 11.4. The number of nitrogens with zero attached hydrogens (tertiary/aromatic N) is 5. The van der Waals surface area contributed by atoms with Crippen molar-refractivity contribution in [2.45, 2.75) is 25.4 Å². The number of anilines is 2. The summed E-state index contributed by atoms with van der Waals surface area (Å²) in [4.78, 5) is 25.4. The van der Waals surface area contributed by atoms with E-state index in [1.54, 1.807) is 35.2 Å². The number of aromatic nitrogens is 2. The van der Waals surface area contributed by atoms with Gasteiger partial charge >= 0.3 is 0 Å². The van der Waals surface area contributed by atoms with Gasteiger partial charge in [0.15, 0.2) is 17.3 Å². The number of carbonyl (C=O) groups excluding carboxylic acids is 1. The molecule has 37 heavy (non-hydrogen) atoms. The van der Waals surface area contributed by atoms with Crippen LogP contribution in [0.4, 0.5) is 16.2 Å². The van der Waals surface area contributed by atoms with Crippen LogP contribution in [0.15, 0.2) is 30.3 Å². The number of nitrogens with two attached hydrogens (primary N) is 2. The maximum atomic E-state index is 15.2. The highest BCUT2D eigenvalue weighted by Gasteiger charge is 2.30. The molecule has 4 N–H and O–H groups in total. The molecule has 0 saturated carbocycles. The second-order valence-electron chi connectivity index (χ2n) is 8.66. The van der Waals surface area contributed by atoms with Gasteiger partial charge in [-0.25, -0.2) is 9.37 Å². The van der Waals surface area contributed by atoms with Gasteiger partial charge in [-0.05, 0) is 30.7 Å². The van der Waals surface area contributed by atoms with Gasteiger partial charge in [-0.3, -0.25) is 4.79 Å². The Morgan fingerprint density at radius 1 is 1.24 bits per heavy atom. The molecule has 4 rings (SSSR count). The first kappa shape index (κ1) is 27.7. The van der Waals surface area contributed by atoms with Crippen LogP contribution >= 0.6 is 12.4 Å². The van der Waals surface area contributed by atoms with Crippen molar-refractivity contribution >= 4 is 41.0 Å². The molecule has 1 unspecified atom stereocenters. The molecular weight excluding hydrogens is 501 g/mol. The average Bonchev–Trinajstić information content (AvgIpc) is 2.88. The van der Waals surface area contributed by atoms with Crippen LogP contribution in [0.2, 0.25) is 0 Å². The molecule has 1 aliphatic heterocycles. The number of nitriles is 1. The van der Waals surface area contributed by atoms with E-state index in [2.05, 4.69) is 16.0 Å². The minimum atomic E-state index is -0.680. The van der Waals surface area contributed by atoms with Crippen LogP contribution in [-0.4, -0.2) is 60.7 Å². The van der Waals surface area contributed by atoms with Crippen molar-refractivity contribution in [3.63, 3.8) is 0 Å². The summed E-state index contributed by atoms with van der Waals surface area (Å²) in [6, 6.07) is 9.90. The van der Waals surface area contributed by atoms with Crippen LogP contribution < -0.4 is 25.8 Å². The fraction of sp³-hybridized carbons (Fsp3) is 0.360. The number of amides is 1. The molecule has 0 radical (unpaired) electrons. The first-order valence-electron chi connectivity index (χ1n) is 11.4. The summed E-state index contributed by atoms with van der Waals surface area (Å²) >= 11 is 0. The molecule has 0 spiro atoms. The number of carbonyl (C=O) groups is 1. The number of ether oxygens (including phenoxy) is 2. The Bertz CT molecular complexity index is 1330. The molecule has 1 aromatic heterocycles. The van der Waals surface area contributed by atoms with E-state index < -0.39 is 11.9 Å². The fourth-order valence-electron chi connectivity index (χ4n) is 4.39. The zero-order chi connectivity index (χ0) is 26.0. The minimum Gasteiger partial charge on any atom is -0.493 e. The average molecular weight is 530 g/mol. The monoisotopic (exact) mass is 529 g/mol. The van der Waals surface area contributed by atoms with Gasteiger partial charge in [0.2, 0.25) is 11.9 Å². The molecule has 2 aromatic carbocycles. The molecule has 1 fully saturated rings. The largest absolute Gasteiger partial charge is 0.493 e. The van der Waals surface area contributed by atoms with Crippen molar-refractivity contribution in [1.29, 1.82) is 5.26 Å². The Hall–Kier alpha value is -3.88. The zero-order valence-electron chi connectivity index (χ0n) is 20.8. The van der Waals surface area contributed by atoms with Crippen molar-refractivity contribution in [3.05, 3.63) is 47.3 Å². The third kappa shape index (κ3) is 5.45. The summed E-state index contributed by atoms with van der Waals surface area (Å²) < 4.78 is 25.5. The van der Waals surface area contributed by atoms with Crippen molar-refractivity contribution in [2.24, 2.45) is 5.73 Å². The van der Waals surface area contributed by atoms with E-state index in [4.69, 9.17) is 26.2 Å². The smallest absolute Gasteiger partial charge is 0.228 e. The highest BCUT2D eigenvalue weighted by atomic mass is 35.5. The topological polar surface area (TPSA) is 144 Å². The van der Waals surface area contributed by atoms with Crippen LogP contribution in [0.1, 0.15) is 30.5 Å². The number of nitrogen functional groups attached to an aromatic ring is 1. The Balaban J connectivity index is 0.00000380. The summed E-state index contributed by atoms with van der Waals surface area (Å²) in [6.07, 6.45) is 0.144. The maximum Gasteiger partial charge on any atom is 0.228 e. The van der Waals surface area contributed by atoms with Crippen molar-refractivity contribution in [1.82, 2.24) is 14.9 Å². The van der Waals surface area contributed by atoms with Crippen molar-refractivity contribution < 1.29 is 18.7 Å². The molecular formula is C25H29ClFN7O3. The highest BCUT2D eigenvalue weighted by Crippen LogP contribution is 2.37. The molecule has 196 valence electrons. The number of methoxy groups -OCH3 is 2. The second kappa shape index (κ2) is 11.5. The number of hydrogen-bond donors (Lipinski definition) is 2. The van der Waals surface area contributed by atoms with Gasteiger partial charge in [0.1, 0.15) is 11.3 Å². The lowest BCUT2D eigenvalue weighted by Crippen LogP contribution is -2.54. The molecule has 2 heterocycles. The molecule has 1 amide bonds. The lowest BCUT2D eigenvalue weighted by atomic mass is 10.0. The van der Waals surface area contributed by atoms with E-state index in [1.807, 2.05) is 11.8 Å². The highest BCUT2D eigenvalue weighted by molar-refractivity contribution is 5.92. The van der Waals surface area contributed by atoms with Crippen LogP contribution in [-0.2, 0) is 4.79 Å². The van der Waals surface area contributed by atoms with Gasteiger partial charge < -0.3 is 30.7 Å². The van der Waals surface area contributed by atoms with Crippen LogP contribution in [0.5, 0.6) is 11.5 Å². The molecule has 1 saturated heterocycles. The van der Waals surface area contributed by atoms with E-state index in [0.717, 1.165) is 5.56 Å². The second-order valence-corrected chi connectivity index (χ2v) is 8.66. The summed E-state index contributed by atoms with van der Waals surface area (Å²) in [6.45, 7) is 3.24. The number of halogens is 2.